The molecule has 0 heterocycles. The minimum atomic E-state index is -0.484. The number of nitro groups is 1. The lowest BCUT2D eigenvalue weighted by atomic mass is 10.1. The summed E-state index contributed by atoms with van der Waals surface area (Å²) in [5.74, 6) is 0. The van der Waals surface area contributed by atoms with Crippen molar-refractivity contribution in [3.8, 4) is 0 Å². The Balaban J connectivity index is 2.28. The summed E-state index contributed by atoms with van der Waals surface area (Å²) in [4.78, 5) is 10.3. The molecule has 0 amide bonds. The third-order valence-electron chi connectivity index (χ3n) is 2.43. The Hall–Kier alpha value is -2.13. The van der Waals surface area contributed by atoms with Crippen LogP contribution in [0, 0.1) is 10.1 Å². The van der Waals surface area contributed by atoms with Crippen LogP contribution >= 0.6 is 11.6 Å². The second-order valence-corrected chi connectivity index (χ2v) is 4.12. The van der Waals surface area contributed by atoms with Gasteiger partial charge in [0.15, 0.2) is 0 Å². The SMILES string of the molecule is O=[N+]([O-])c1cc(/C=C\c2ccccc2)ccc1Cl. The molecule has 2 aromatic carbocycles. The third-order valence-corrected chi connectivity index (χ3v) is 2.75. The zero-order valence-corrected chi connectivity index (χ0v) is 10.2. The van der Waals surface area contributed by atoms with Crippen molar-refractivity contribution in [3.05, 3.63) is 74.8 Å². The van der Waals surface area contributed by atoms with Crippen LogP contribution in [-0.2, 0) is 0 Å². The minimum absolute atomic E-state index is 0.0770. The van der Waals surface area contributed by atoms with Gasteiger partial charge in [0.05, 0.1) is 4.92 Å². The average Bonchev–Trinajstić information content (AvgIpc) is 2.38. The Bertz CT molecular complexity index is 594. The fourth-order valence-electron chi connectivity index (χ4n) is 1.53. The molecule has 0 spiro atoms. The van der Waals surface area contributed by atoms with E-state index in [1.54, 1.807) is 6.07 Å². The number of benzene rings is 2. The molecule has 0 bridgehead atoms. The zero-order chi connectivity index (χ0) is 13.0. The lowest BCUT2D eigenvalue weighted by molar-refractivity contribution is -0.384. The van der Waals surface area contributed by atoms with Gasteiger partial charge in [0, 0.05) is 6.07 Å². The van der Waals surface area contributed by atoms with Crippen molar-refractivity contribution in [3.63, 3.8) is 0 Å². The number of nitro benzene ring substituents is 1. The van der Waals surface area contributed by atoms with Gasteiger partial charge in [-0.25, -0.2) is 0 Å². The van der Waals surface area contributed by atoms with Crippen molar-refractivity contribution >= 4 is 29.4 Å². The smallest absolute Gasteiger partial charge is 0.258 e. The molecule has 0 N–H and O–H groups in total. The predicted molar refractivity (Wildman–Crippen MR) is 73.5 cm³/mol. The molecule has 3 nitrogen and oxygen atoms in total. The van der Waals surface area contributed by atoms with E-state index in [2.05, 4.69) is 0 Å². The van der Waals surface area contributed by atoms with Gasteiger partial charge in [0.25, 0.3) is 5.69 Å². The first kappa shape index (κ1) is 12.3. The highest BCUT2D eigenvalue weighted by Crippen LogP contribution is 2.25. The summed E-state index contributed by atoms with van der Waals surface area (Å²) in [5.41, 5.74) is 1.71. The van der Waals surface area contributed by atoms with Gasteiger partial charge in [0.2, 0.25) is 0 Å². The van der Waals surface area contributed by atoms with Crippen LogP contribution in [0.2, 0.25) is 5.02 Å². The molecule has 0 unspecified atom stereocenters. The molecule has 0 aliphatic carbocycles. The molecule has 0 atom stereocenters. The average molecular weight is 260 g/mol. The van der Waals surface area contributed by atoms with E-state index >= 15 is 0 Å². The number of halogens is 1. The van der Waals surface area contributed by atoms with Gasteiger partial charge >= 0.3 is 0 Å². The van der Waals surface area contributed by atoms with Gasteiger partial charge in [-0.1, -0.05) is 60.2 Å². The summed E-state index contributed by atoms with van der Waals surface area (Å²) in [6.45, 7) is 0. The van der Waals surface area contributed by atoms with Crippen LogP contribution < -0.4 is 0 Å². The molecule has 4 heteroatoms. The third kappa shape index (κ3) is 2.96. The molecule has 0 aliphatic rings. The van der Waals surface area contributed by atoms with Crippen LogP contribution in [0.3, 0.4) is 0 Å². The topological polar surface area (TPSA) is 43.1 Å². The Morgan fingerprint density at radius 3 is 2.33 bits per heavy atom. The normalized spacial score (nSPS) is 10.7. The van der Waals surface area contributed by atoms with Gasteiger partial charge < -0.3 is 0 Å². The van der Waals surface area contributed by atoms with Crippen molar-refractivity contribution in [2.24, 2.45) is 0 Å². The maximum absolute atomic E-state index is 10.7. The fourth-order valence-corrected chi connectivity index (χ4v) is 1.72. The first-order chi connectivity index (χ1) is 8.66. The zero-order valence-electron chi connectivity index (χ0n) is 9.42. The molecule has 0 saturated heterocycles. The number of rotatable bonds is 3. The molecule has 18 heavy (non-hydrogen) atoms. The van der Waals surface area contributed by atoms with Gasteiger partial charge in [-0.15, -0.1) is 0 Å². The largest absolute Gasteiger partial charge is 0.288 e. The Labute approximate surface area is 109 Å². The maximum atomic E-state index is 10.7. The van der Waals surface area contributed by atoms with Crippen molar-refractivity contribution in [2.45, 2.75) is 0 Å². The van der Waals surface area contributed by atoms with Crippen LogP contribution in [0.25, 0.3) is 12.2 Å². The molecular weight excluding hydrogens is 250 g/mol. The summed E-state index contributed by atoms with van der Waals surface area (Å²) < 4.78 is 0. The molecule has 0 fully saturated rings. The van der Waals surface area contributed by atoms with Crippen LogP contribution in [0.1, 0.15) is 11.1 Å². The van der Waals surface area contributed by atoms with Crippen molar-refractivity contribution in [2.75, 3.05) is 0 Å². The summed E-state index contributed by atoms with van der Waals surface area (Å²) in [5, 5.41) is 10.9. The predicted octanol–water partition coefficient (Wildman–Crippen LogP) is 4.42. The summed E-state index contributed by atoms with van der Waals surface area (Å²) >= 11 is 5.74. The molecular formula is C14H10ClNO2. The van der Waals surface area contributed by atoms with E-state index in [1.165, 1.54) is 12.1 Å². The molecule has 2 rings (SSSR count). The van der Waals surface area contributed by atoms with Crippen LogP contribution in [-0.4, -0.2) is 4.92 Å². The van der Waals surface area contributed by atoms with Crippen LogP contribution in [0.4, 0.5) is 5.69 Å². The first-order valence-corrected chi connectivity index (χ1v) is 5.72. The molecule has 0 radical (unpaired) electrons. The highest BCUT2D eigenvalue weighted by atomic mass is 35.5. The first-order valence-electron chi connectivity index (χ1n) is 5.34. The van der Waals surface area contributed by atoms with E-state index in [9.17, 15) is 10.1 Å². The maximum Gasteiger partial charge on any atom is 0.288 e. The van der Waals surface area contributed by atoms with Crippen molar-refractivity contribution < 1.29 is 4.92 Å². The van der Waals surface area contributed by atoms with E-state index in [1.807, 2.05) is 42.5 Å². The van der Waals surface area contributed by atoms with E-state index in [0.717, 1.165) is 11.1 Å². The van der Waals surface area contributed by atoms with Crippen molar-refractivity contribution in [1.82, 2.24) is 0 Å². The molecule has 0 saturated carbocycles. The number of nitrogens with zero attached hydrogens (tertiary/aromatic N) is 1. The second kappa shape index (κ2) is 5.47. The molecule has 90 valence electrons. The fraction of sp³-hybridized carbons (Fsp3) is 0. The molecule has 0 aromatic heterocycles. The van der Waals surface area contributed by atoms with E-state index in [-0.39, 0.29) is 10.7 Å². The highest BCUT2D eigenvalue weighted by Gasteiger charge is 2.11. The minimum Gasteiger partial charge on any atom is -0.258 e. The lowest BCUT2D eigenvalue weighted by Crippen LogP contribution is -1.89. The summed E-state index contributed by atoms with van der Waals surface area (Å²) in [7, 11) is 0. The summed E-state index contributed by atoms with van der Waals surface area (Å²) in [6.07, 6.45) is 3.71. The Kier molecular flexibility index (Phi) is 3.75. The van der Waals surface area contributed by atoms with Crippen LogP contribution in [0.5, 0.6) is 0 Å². The standard InChI is InChI=1S/C14H10ClNO2/c15-13-9-8-12(10-14(13)16(17)18)7-6-11-4-2-1-3-5-11/h1-10H/b7-6-. The lowest BCUT2D eigenvalue weighted by Gasteiger charge is -1.97. The van der Waals surface area contributed by atoms with E-state index < -0.39 is 4.92 Å². The number of hydrogen-bond donors (Lipinski definition) is 0. The van der Waals surface area contributed by atoms with Gasteiger partial charge in [-0.2, -0.15) is 0 Å². The monoisotopic (exact) mass is 259 g/mol. The van der Waals surface area contributed by atoms with Gasteiger partial charge in [-0.3, -0.25) is 10.1 Å². The highest BCUT2D eigenvalue weighted by molar-refractivity contribution is 6.32. The van der Waals surface area contributed by atoms with E-state index in [4.69, 9.17) is 11.6 Å². The van der Waals surface area contributed by atoms with Crippen LogP contribution in [0.15, 0.2) is 48.5 Å². The quantitative estimate of drug-likeness (QED) is 0.465. The second-order valence-electron chi connectivity index (χ2n) is 3.71. The number of hydrogen-bond acceptors (Lipinski definition) is 2. The summed E-state index contributed by atoms with van der Waals surface area (Å²) in [6, 6.07) is 14.5. The molecule has 2 aromatic rings. The van der Waals surface area contributed by atoms with Gasteiger partial charge in [0.1, 0.15) is 5.02 Å². The Morgan fingerprint density at radius 1 is 1.00 bits per heavy atom. The van der Waals surface area contributed by atoms with E-state index in [0.29, 0.717) is 0 Å². The van der Waals surface area contributed by atoms with Gasteiger partial charge in [-0.05, 0) is 17.2 Å². The Morgan fingerprint density at radius 2 is 1.67 bits per heavy atom. The van der Waals surface area contributed by atoms with Crippen molar-refractivity contribution in [1.29, 1.82) is 0 Å². The molecule has 0 aliphatic heterocycles.